The van der Waals surface area contributed by atoms with Crippen LogP contribution in [0, 0.1) is 5.92 Å². The molecule has 2 N–H and O–H groups in total. The Bertz CT molecular complexity index is 366. The fourth-order valence-electron chi connectivity index (χ4n) is 2.40. The van der Waals surface area contributed by atoms with Crippen LogP contribution in [-0.2, 0) is 0 Å². The fourth-order valence-corrected chi connectivity index (χ4v) is 2.78. The number of hydrogen-bond donors (Lipinski definition) is 1. The van der Waals surface area contributed by atoms with Gasteiger partial charge in [0.1, 0.15) is 16.5 Å². The molecule has 0 radical (unpaired) electrons. The highest BCUT2D eigenvalue weighted by Gasteiger charge is 2.26. The Kier molecular flexibility index (Phi) is 4.20. The summed E-state index contributed by atoms with van der Waals surface area (Å²) in [5.41, 5.74) is 5.67. The molecule has 5 heteroatoms. The van der Waals surface area contributed by atoms with Crippen molar-refractivity contribution in [1.29, 1.82) is 0 Å². The van der Waals surface area contributed by atoms with Crippen molar-refractivity contribution in [2.24, 2.45) is 5.92 Å². The van der Waals surface area contributed by atoms with E-state index in [0.29, 0.717) is 22.3 Å². The summed E-state index contributed by atoms with van der Waals surface area (Å²) in [6.07, 6.45) is 6.25. The van der Waals surface area contributed by atoms with Crippen LogP contribution in [0.15, 0.2) is 10.7 Å². The molecule has 0 aromatic carbocycles. The minimum Gasteiger partial charge on any atom is -0.460 e. The highest BCUT2D eigenvalue weighted by Crippen LogP contribution is 2.29. The third-order valence-electron chi connectivity index (χ3n) is 3.31. The average molecular weight is 300 g/mol. The molecular formula is C12H18BrN3O. The van der Waals surface area contributed by atoms with Gasteiger partial charge in [-0.05, 0) is 47.5 Å². The Balaban J connectivity index is 2.08. The Labute approximate surface area is 110 Å². The lowest BCUT2D eigenvalue weighted by Gasteiger charge is -2.30. The van der Waals surface area contributed by atoms with E-state index in [4.69, 9.17) is 10.5 Å². The van der Waals surface area contributed by atoms with Crippen molar-refractivity contribution in [2.45, 2.75) is 45.1 Å². The average Bonchev–Trinajstić information content (AvgIpc) is 2.28. The van der Waals surface area contributed by atoms with Gasteiger partial charge < -0.3 is 10.5 Å². The van der Waals surface area contributed by atoms with Crippen LogP contribution in [0.5, 0.6) is 6.01 Å². The summed E-state index contributed by atoms with van der Waals surface area (Å²) in [5, 5.41) is 0. The van der Waals surface area contributed by atoms with Crippen LogP contribution in [0.1, 0.15) is 39.0 Å². The molecule has 1 aromatic rings. The predicted molar refractivity (Wildman–Crippen MR) is 70.8 cm³/mol. The van der Waals surface area contributed by atoms with Crippen LogP contribution >= 0.6 is 15.9 Å². The molecule has 2 rings (SSSR count). The van der Waals surface area contributed by atoms with Gasteiger partial charge in [0.2, 0.25) is 0 Å². The van der Waals surface area contributed by atoms with E-state index in [9.17, 15) is 0 Å². The predicted octanol–water partition coefficient (Wildman–Crippen LogP) is 3.17. The summed E-state index contributed by atoms with van der Waals surface area (Å²) in [5.74, 6) is 1.05. The minimum atomic E-state index is 0.238. The van der Waals surface area contributed by atoms with Crippen LogP contribution in [0.25, 0.3) is 0 Å². The summed E-state index contributed by atoms with van der Waals surface area (Å²) in [6, 6.07) is 2.06. The highest BCUT2D eigenvalue weighted by molar-refractivity contribution is 9.10. The molecule has 1 aromatic heterocycles. The first-order chi connectivity index (χ1) is 8.19. The Morgan fingerprint density at radius 1 is 1.41 bits per heavy atom. The molecule has 94 valence electrons. The molecule has 0 amide bonds. The second-order valence-electron chi connectivity index (χ2n) is 4.51. The van der Waals surface area contributed by atoms with Gasteiger partial charge >= 0.3 is 6.01 Å². The Morgan fingerprint density at radius 3 is 2.88 bits per heavy atom. The van der Waals surface area contributed by atoms with E-state index in [1.54, 1.807) is 6.07 Å². The second kappa shape index (κ2) is 5.67. The molecule has 0 bridgehead atoms. The molecular weight excluding hydrogens is 282 g/mol. The van der Waals surface area contributed by atoms with Gasteiger partial charge in [0, 0.05) is 6.07 Å². The van der Waals surface area contributed by atoms with Crippen LogP contribution < -0.4 is 10.5 Å². The first-order valence-electron chi connectivity index (χ1n) is 6.15. The quantitative estimate of drug-likeness (QED) is 0.871. The summed E-state index contributed by atoms with van der Waals surface area (Å²) >= 11 is 3.30. The highest BCUT2D eigenvalue weighted by atomic mass is 79.9. The SMILES string of the molecule is CCC1CCCCC1Oc1nc(N)cc(Br)n1. The summed E-state index contributed by atoms with van der Waals surface area (Å²) in [4.78, 5) is 8.31. The van der Waals surface area contributed by atoms with Crippen molar-refractivity contribution in [3.8, 4) is 6.01 Å². The smallest absolute Gasteiger partial charge is 0.319 e. The summed E-state index contributed by atoms with van der Waals surface area (Å²) in [7, 11) is 0. The number of anilines is 1. The van der Waals surface area contributed by atoms with Crippen molar-refractivity contribution in [3.63, 3.8) is 0 Å². The number of nitrogens with two attached hydrogens (primary N) is 1. The van der Waals surface area contributed by atoms with Crippen molar-refractivity contribution in [2.75, 3.05) is 5.73 Å². The molecule has 1 fully saturated rings. The lowest BCUT2D eigenvalue weighted by Crippen LogP contribution is -2.30. The van der Waals surface area contributed by atoms with E-state index in [1.165, 1.54) is 19.3 Å². The van der Waals surface area contributed by atoms with Gasteiger partial charge in [-0.3, -0.25) is 0 Å². The maximum absolute atomic E-state index is 5.89. The molecule has 1 aliphatic carbocycles. The number of rotatable bonds is 3. The van der Waals surface area contributed by atoms with Gasteiger partial charge in [-0.2, -0.15) is 9.97 Å². The zero-order chi connectivity index (χ0) is 12.3. The lowest BCUT2D eigenvalue weighted by atomic mass is 9.85. The normalized spacial score (nSPS) is 24.6. The monoisotopic (exact) mass is 299 g/mol. The van der Waals surface area contributed by atoms with E-state index in [1.807, 2.05) is 0 Å². The molecule has 17 heavy (non-hydrogen) atoms. The molecule has 1 saturated carbocycles. The molecule has 2 unspecified atom stereocenters. The molecule has 0 saturated heterocycles. The Morgan fingerprint density at radius 2 is 2.18 bits per heavy atom. The second-order valence-corrected chi connectivity index (χ2v) is 5.32. The third kappa shape index (κ3) is 3.31. The summed E-state index contributed by atoms with van der Waals surface area (Å²) in [6.45, 7) is 2.21. The van der Waals surface area contributed by atoms with Crippen molar-refractivity contribution < 1.29 is 4.74 Å². The third-order valence-corrected chi connectivity index (χ3v) is 3.72. The van der Waals surface area contributed by atoms with E-state index < -0.39 is 0 Å². The van der Waals surface area contributed by atoms with Gasteiger partial charge in [0.25, 0.3) is 0 Å². The molecule has 0 aliphatic heterocycles. The zero-order valence-electron chi connectivity index (χ0n) is 10.0. The van der Waals surface area contributed by atoms with Gasteiger partial charge in [-0.1, -0.05) is 13.3 Å². The number of nitrogen functional groups attached to an aromatic ring is 1. The maximum atomic E-state index is 5.89. The maximum Gasteiger partial charge on any atom is 0.319 e. The minimum absolute atomic E-state index is 0.238. The van der Waals surface area contributed by atoms with Crippen LogP contribution in [-0.4, -0.2) is 16.1 Å². The number of halogens is 1. The van der Waals surface area contributed by atoms with Crippen molar-refractivity contribution >= 4 is 21.7 Å². The van der Waals surface area contributed by atoms with Crippen LogP contribution in [0.3, 0.4) is 0 Å². The zero-order valence-corrected chi connectivity index (χ0v) is 11.6. The largest absolute Gasteiger partial charge is 0.460 e. The molecule has 2 atom stereocenters. The van der Waals surface area contributed by atoms with Crippen LogP contribution in [0.4, 0.5) is 5.82 Å². The number of ether oxygens (including phenoxy) is 1. The van der Waals surface area contributed by atoms with E-state index in [0.717, 1.165) is 12.8 Å². The van der Waals surface area contributed by atoms with Gasteiger partial charge in [-0.15, -0.1) is 0 Å². The fraction of sp³-hybridized carbons (Fsp3) is 0.667. The van der Waals surface area contributed by atoms with Gasteiger partial charge in [-0.25, -0.2) is 0 Å². The standard InChI is InChI=1S/C12H18BrN3O/c1-2-8-5-3-4-6-9(8)17-12-15-10(13)7-11(14)16-12/h7-9H,2-6H2,1H3,(H2,14,15,16). The first-order valence-corrected chi connectivity index (χ1v) is 6.95. The van der Waals surface area contributed by atoms with Crippen molar-refractivity contribution in [1.82, 2.24) is 9.97 Å². The molecule has 1 aliphatic rings. The first kappa shape index (κ1) is 12.6. The van der Waals surface area contributed by atoms with Crippen molar-refractivity contribution in [3.05, 3.63) is 10.7 Å². The number of aromatic nitrogens is 2. The number of nitrogens with zero attached hydrogens (tertiary/aromatic N) is 2. The van der Waals surface area contributed by atoms with E-state index in [2.05, 4.69) is 32.8 Å². The molecule has 1 heterocycles. The van der Waals surface area contributed by atoms with Gasteiger partial charge in [0.15, 0.2) is 0 Å². The van der Waals surface area contributed by atoms with Crippen LogP contribution in [0.2, 0.25) is 0 Å². The van der Waals surface area contributed by atoms with E-state index in [-0.39, 0.29) is 6.10 Å². The lowest BCUT2D eigenvalue weighted by molar-refractivity contribution is 0.0809. The van der Waals surface area contributed by atoms with E-state index >= 15 is 0 Å². The topological polar surface area (TPSA) is 61.0 Å². The summed E-state index contributed by atoms with van der Waals surface area (Å²) < 4.78 is 6.56. The number of hydrogen-bond acceptors (Lipinski definition) is 4. The Hall–Kier alpha value is -0.840. The molecule has 0 spiro atoms. The van der Waals surface area contributed by atoms with Gasteiger partial charge in [0.05, 0.1) is 0 Å². The molecule has 4 nitrogen and oxygen atoms in total.